The Balaban J connectivity index is 1.98. The molecule has 0 N–H and O–H groups in total. The molecule has 214 valence electrons. The molecule has 42 heavy (non-hydrogen) atoms. The zero-order valence-corrected chi connectivity index (χ0v) is 24.1. The zero-order chi connectivity index (χ0) is 30.3. The van der Waals surface area contributed by atoms with Crippen molar-refractivity contribution < 1.29 is 28.5 Å². The normalized spacial score (nSPS) is 29.0. The quantitative estimate of drug-likeness (QED) is 0.406. The lowest BCUT2D eigenvalue weighted by Gasteiger charge is -2.37. The fourth-order valence-electron chi connectivity index (χ4n) is 3.40. The summed E-state index contributed by atoms with van der Waals surface area (Å²) in [5.74, 6) is 5.14. The molecule has 0 spiro atoms. The maximum absolute atomic E-state index is 5.96. The van der Waals surface area contributed by atoms with Crippen molar-refractivity contribution in [3.8, 4) is 24.7 Å². The SMILES string of the molecule is C#Cc1ccc([B-]23ON=C(C)/C(C)=N/O[B-](c4ccc(C#C)cc4)(O/N=C(C)/C(C)=N/O2)O/N=C(C)/C(C)=N/O3)cc1. The van der Waals surface area contributed by atoms with E-state index < -0.39 is 13.5 Å². The maximum Gasteiger partial charge on any atom is 0.640 e. The minimum Gasteiger partial charge on any atom is -0.536 e. The third kappa shape index (κ3) is 6.29. The van der Waals surface area contributed by atoms with Gasteiger partial charge in [-0.15, -0.1) is 43.8 Å². The van der Waals surface area contributed by atoms with Gasteiger partial charge in [-0.05, 0) is 65.8 Å². The van der Waals surface area contributed by atoms with Crippen LogP contribution in [0.3, 0.4) is 0 Å². The number of fused-ring (bicyclic) bond motifs is 9. The second-order valence-corrected chi connectivity index (χ2v) is 9.51. The number of rotatable bonds is 2. The second kappa shape index (κ2) is 12.4. The Bertz CT molecular complexity index is 1390. The van der Waals surface area contributed by atoms with Crippen LogP contribution in [0.5, 0.6) is 0 Å². The molecule has 12 nitrogen and oxygen atoms in total. The molecule has 14 heteroatoms. The van der Waals surface area contributed by atoms with Crippen molar-refractivity contribution in [1.82, 2.24) is 0 Å². The lowest BCUT2D eigenvalue weighted by atomic mass is 9.70. The summed E-state index contributed by atoms with van der Waals surface area (Å²) in [6.07, 6.45) is 11.1. The Kier molecular flexibility index (Phi) is 8.67. The first-order chi connectivity index (χ1) is 20.1. The van der Waals surface area contributed by atoms with E-state index in [2.05, 4.69) is 42.8 Å². The third-order valence-electron chi connectivity index (χ3n) is 6.51. The largest absolute Gasteiger partial charge is 0.640 e. The standard InChI is InChI=1S/C28H28B2N6O6/c1-9-25-11-15-27(16-12-25)29-37-31-19(3)22(6)34-40-30(28-17-13-26(10-2)14-18-28,41-35-23(7)20(4)32-38-29)42-36-24(8)21(5)33-39-29/h1-2,11-18H,3-8H3/q-2/b31-19+,32-20+,33-21+,34-22+,35-23+,36-24?. The average Bonchev–Trinajstić information content (AvgIpc) is 3.02. The summed E-state index contributed by atoms with van der Waals surface area (Å²) in [5, 5.41) is 25.4. The first kappa shape index (κ1) is 29.5. The molecule has 2 aromatic carbocycles. The summed E-state index contributed by atoms with van der Waals surface area (Å²) < 4.78 is 35.8. The third-order valence-corrected chi connectivity index (χ3v) is 6.51. The van der Waals surface area contributed by atoms with Crippen LogP contribution in [0.1, 0.15) is 52.7 Å². The summed E-state index contributed by atoms with van der Waals surface area (Å²) in [7, 11) is 0. The van der Waals surface area contributed by atoms with Crippen LogP contribution in [-0.2, 0) is 28.5 Å². The minimum absolute atomic E-state index is 0.302. The van der Waals surface area contributed by atoms with Gasteiger partial charge in [0, 0.05) is 11.1 Å². The molecule has 3 aliphatic heterocycles. The molecule has 0 aromatic heterocycles. The molecule has 0 saturated heterocycles. The van der Waals surface area contributed by atoms with Crippen LogP contribution in [0.4, 0.5) is 0 Å². The summed E-state index contributed by atoms with van der Waals surface area (Å²) in [6.45, 7) is 3.91. The van der Waals surface area contributed by atoms with E-state index >= 15 is 0 Å². The highest BCUT2D eigenvalue weighted by atomic mass is 16.9. The molecule has 5 rings (SSSR count). The number of hydrogen-bond donors (Lipinski definition) is 0. The highest BCUT2D eigenvalue weighted by molar-refractivity contribution is 6.76. The van der Waals surface area contributed by atoms with Gasteiger partial charge in [-0.25, -0.2) is 0 Å². The number of benzene rings is 2. The van der Waals surface area contributed by atoms with Crippen LogP contribution < -0.4 is 10.9 Å². The van der Waals surface area contributed by atoms with E-state index in [0.717, 1.165) is 0 Å². The first-order valence-electron chi connectivity index (χ1n) is 12.9. The van der Waals surface area contributed by atoms with Gasteiger partial charge in [-0.3, -0.25) is 0 Å². The molecule has 0 radical (unpaired) electrons. The van der Waals surface area contributed by atoms with Crippen molar-refractivity contribution >= 4 is 58.7 Å². The lowest BCUT2D eigenvalue weighted by molar-refractivity contribution is 0.0769. The molecule has 0 amide bonds. The summed E-state index contributed by atoms with van der Waals surface area (Å²) in [6, 6.07) is 13.5. The molecule has 2 aromatic rings. The van der Waals surface area contributed by atoms with Crippen molar-refractivity contribution in [1.29, 1.82) is 0 Å². The van der Waals surface area contributed by atoms with E-state index in [4.69, 9.17) is 41.4 Å². The summed E-state index contributed by atoms with van der Waals surface area (Å²) in [4.78, 5) is 0. The number of nitrogens with zero attached hydrogens (tertiary/aromatic N) is 6. The van der Waals surface area contributed by atoms with E-state index in [1.807, 2.05) is 0 Å². The van der Waals surface area contributed by atoms with E-state index in [1.54, 1.807) is 90.1 Å². The van der Waals surface area contributed by atoms with Crippen molar-refractivity contribution in [2.45, 2.75) is 41.5 Å². The maximum atomic E-state index is 5.96. The smallest absolute Gasteiger partial charge is 0.536 e. The van der Waals surface area contributed by atoms with Gasteiger partial charge in [0.2, 0.25) is 0 Å². The van der Waals surface area contributed by atoms with Crippen LogP contribution in [0, 0.1) is 24.7 Å². The highest BCUT2D eigenvalue weighted by Crippen LogP contribution is 2.18. The predicted molar refractivity (Wildman–Crippen MR) is 165 cm³/mol. The Labute approximate surface area is 244 Å². The molecule has 3 heterocycles. The van der Waals surface area contributed by atoms with Gasteiger partial charge >= 0.3 is 13.5 Å². The van der Waals surface area contributed by atoms with Gasteiger partial charge in [0.25, 0.3) is 0 Å². The van der Waals surface area contributed by atoms with Crippen molar-refractivity contribution in [2.75, 3.05) is 0 Å². The van der Waals surface area contributed by atoms with Gasteiger partial charge in [0.05, 0.1) is 34.3 Å². The van der Waals surface area contributed by atoms with Crippen LogP contribution in [0.25, 0.3) is 0 Å². The Morgan fingerprint density at radius 2 is 0.643 bits per heavy atom. The Hall–Kier alpha value is -5.49. The van der Waals surface area contributed by atoms with Crippen LogP contribution in [0.2, 0.25) is 0 Å². The minimum atomic E-state index is -2.99. The highest BCUT2D eigenvalue weighted by Gasteiger charge is 2.43. The van der Waals surface area contributed by atoms with E-state index in [-0.39, 0.29) is 0 Å². The average molecular weight is 566 g/mol. The predicted octanol–water partition coefficient (Wildman–Crippen LogP) is 3.02. The van der Waals surface area contributed by atoms with E-state index in [0.29, 0.717) is 56.3 Å². The van der Waals surface area contributed by atoms with E-state index in [1.165, 1.54) is 0 Å². The molecule has 3 aliphatic rings. The van der Waals surface area contributed by atoms with Crippen LogP contribution >= 0.6 is 0 Å². The molecule has 0 atom stereocenters. The van der Waals surface area contributed by atoms with Gasteiger partial charge in [-0.1, -0.05) is 47.0 Å². The number of hydrogen-bond acceptors (Lipinski definition) is 12. The van der Waals surface area contributed by atoms with Crippen molar-refractivity contribution in [3.05, 3.63) is 59.7 Å². The molecule has 2 bridgehead atoms. The number of terminal acetylenes is 2. The summed E-state index contributed by atoms with van der Waals surface area (Å²) in [5.41, 5.74) is 3.87. The van der Waals surface area contributed by atoms with Gasteiger partial charge < -0.3 is 28.5 Å². The topological polar surface area (TPSA) is 130 Å². The molecular weight excluding hydrogens is 538 g/mol. The Morgan fingerprint density at radius 1 is 0.429 bits per heavy atom. The fourth-order valence-corrected chi connectivity index (χ4v) is 3.40. The second-order valence-electron chi connectivity index (χ2n) is 9.51. The van der Waals surface area contributed by atoms with Crippen LogP contribution in [0.15, 0.2) is 79.5 Å². The molecule has 0 aliphatic carbocycles. The fraction of sp³-hybridized carbons (Fsp3) is 0.214. The monoisotopic (exact) mass is 566 g/mol. The summed E-state index contributed by atoms with van der Waals surface area (Å²) >= 11 is 0. The van der Waals surface area contributed by atoms with Gasteiger partial charge in [0.15, 0.2) is 0 Å². The van der Waals surface area contributed by atoms with Gasteiger partial charge in [0.1, 0.15) is 0 Å². The zero-order valence-electron chi connectivity index (χ0n) is 24.1. The van der Waals surface area contributed by atoms with Gasteiger partial charge in [-0.2, -0.15) is 0 Å². The molecular formula is C28H28B2N6O6-2. The van der Waals surface area contributed by atoms with E-state index in [9.17, 15) is 0 Å². The first-order valence-corrected chi connectivity index (χ1v) is 12.9. The number of oxime groups is 6. The van der Waals surface area contributed by atoms with Crippen molar-refractivity contribution in [3.63, 3.8) is 0 Å². The van der Waals surface area contributed by atoms with Crippen molar-refractivity contribution in [2.24, 2.45) is 30.9 Å². The molecule has 0 saturated carbocycles. The van der Waals surface area contributed by atoms with Crippen LogP contribution in [-0.4, -0.2) is 47.8 Å². The molecule has 0 unspecified atom stereocenters. The Morgan fingerprint density at radius 3 is 0.833 bits per heavy atom. The lowest BCUT2D eigenvalue weighted by Crippen LogP contribution is -2.55. The molecule has 0 fully saturated rings.